The number of unbranched alkanes of at least 4 members (excludes halogenated alkanes) is 26. The molecule has 0 unspecified atom stereocenters. The van der Waals surface area contributed by atoms with Gasteiger partial charge in [0.05, 0.1) is 0 Å². The molecule has 0 spiro atoms. The molecule has 0 fully saturated rings. The van der Waals surface area contributed by atoms with Gasteiger partial charge in [0, 0.05) is 25.5 Å². The molecule has 0 bridgehead atoms. The molecule has 1 aliphatic heterocycles. The maximum atomic E-state index is 2.71. The van der Waals surface area contributed by atoms with Gasteiger partial charge in [-0.2, -0.15) is 0 Å². The molecule has 0 aromatic rings. The minimum atomic E-state index is 0.640. The number of nitrogens with zero attached hydrogens (tertiary/aromatic N) is 2. The van der Waals surface area contributed by atoms with Crippen molar-refractivity contribution in [1.82, 2.24) is 9.80 Å². The van der Waals surface area contributed by atoms with E-state index in [1.54, 1.807) is 0 Å². The summed E-state index contributed by atoms with van der Waals surface area (Å²) in [5, 5.41) is 0. The molecule has 1 aliphatic rings. The van der Waals surface area contributed by atoms with Crippen LogP contribution in [0.15, 0.2) is 12.4 Å². The summed E-state index contributed by atoms with van der Waals surface area (Å²) in [6.07, 6.45) is 48.4. The highest BCUT2D eigenvalue weighted by Crippen LogP contribution is 2.24. The van der Waals surface area contributed by atoms with Gasteiger partial charge in [-0.1, -0.05) is 188 Å². The van der Waals surface area contributed by atoms with Gasteiger partial charge >= 0.3 is 0 Å². The molecular formula is C38H76N2. The van der Waals surface area contributed by atoms with Crippen molar-refractivity contribution in [2.24, 2.45) is 0 Å². The van der Waals surface area contributed by atoms with Crippen LogP contribution >= 0.6 is 0 Å². The summed E-state index contributed by atoms with van der Waals surface area (Å²) in [5.74, 6) is 0. The van der Waals surface area contributed by atoms with Crippen LogP contribution < -0.4 is 0 Å². The maximum Gasteiger partial charge on any atom is 0.101 e. The molecule has 40 heavy (non-hydrogen) atoms. The SMILES string of the molecule is CCCCCCCCCCCCCC1N(CCCCCCCCCCC)C=CN1CCCCCCCCCCC. The molecule has 1 heterocycles. The van der Waals surface area contributed by atoms with Crippen molar-refractivity contribution < 1.29 is 0 Å². The normalized spacial score (nSPS) is 13.8. The summed E-state index contributed by atoms with van der Waals surface area (Å²) in [4.78, 5) is 5.43. The summed E-state index contributed by atoms with van der Waals surface area (Å²) in [6.45, 7) is 9.48. The van der Waals surface area contributed by atoms with Crippen molar-refractivity contribution in [3.63, 3.8) is 0 Å². The van der Waals surface area contributed by atoms with Crippen molar-refractivity contribution in [2.75, 3.05) is 13.1 Å². The van der Waals surface area contributed by atoms with Crippen LogP contribution in [0.1, 0.15) is 213 Å². The minimum Gasteiger partial charge on any atom is -0.356 e. The number of rotatable bonds is 32. The van der Waals surface area contributed by atoms with Gasteiger partial charge in [-0.05, 0) is 25.7 Å². The minimum absolute atomic E-state index is 0.640. The molecule has 2 heteroatoms. The molecule has 0 aliphatic carbocycles. The van der Waals surface area contributed by atoms with E-state index >= 15 is 0 Å². The molecule has 1 rings (SSSR count). The standard InChI is InChI=1S/C38H76N2/c1-4-7-10-13-16-19-20-21-24-27-30-33-38-39(34-31-28-25-22-17-14-11-8-5-2)36-37-40(38)35-32-29-26-23-18-15-12-9-6-3/h36-38H,4-35H2,1-3H3. The number of hydrogen-bond acceptors (Lipinski definition) is 2. The Labute approximate surface area is 254 Å². The van der Waals surface area contributed by atoms with Crippen LogP contribution in [0.25, 0.3) is 0 Å². The molecular weight excluding hydrogens is 484 g/mol. The van der Waals surface area contributed by atoms with Crippen molar-refractivity contribution >= 4 is 0 Å². The van der Waals surface area contributed by atoms with Gasteiger partial charge in [-0.25, -0.2) is 0 Å². The van der Waals surface area contributed by atoms with E-state index < -0.39 is 0 Å². The summed E-state index contributed by atoms with van der Waals surface area (Å²) in [7, 11) is 0. The lowest BCUT2D eigenvalue weighted by atomic mass is 10.0. The van der Waals surface area contributed by atoms with Crippen molar-refractivity contribution in [1.29, 1.82) is 0 Å². The van der Waals surface area contributed by atoms with Crippen molar-refractivity contribution in [3.8, 4) is 0 Å². The zero-order valence-electron chi connectivity index (χ0n) is 28.3. The quantitative estimate of drug-likeness (QED) is 0.0755. The van der Waals surface area contributed by atoms with Crippen LogP contribution in [0.5, 0.6) is 0 Å². The van der Waals surface area contributed by atoms with E-state index in [9.17, 15) is 0 Å². The highest BCUT2D eigenvalue weighted by molar-refractivity contribution is 4.97. The summed E-state index contributed by atoms with van der Waals surface area (Å²) < 4.78 is 0. The zero-order chi connectivity index (χ0) is 28.8. The van der Waals surface area contributed by atoms with Gasteiger partial charge < -0.3 is 9.80 Å². The van der Waals surface area contributed by atoms with Crippen LogP contribution in [0.2, 0.25) is 0 Å². The fourth-order valence-corrected chi connectivity index (χ4v) is 6.54. The Kier molecular flexibility index (Phi) is 27.9. The lowest BCUT2D eigenvalue weighted by Gasteiger charge is -2.33. The van der Waals surface area contributed by atoms with Crippen molar-refractivity contribution in [2.45, 2.75) is 220 Å². The fraction of sp³-hybridized carbons (Fsp3) is 0.947. The monoisotopic (exact) mass is 561 g/mol. The van der Waals surface area contributed by atoms with E-state index in [4.69, 9.17) is 0 Å². The molecule has 0 saturated carbocycles. The van der Waals surface area contributed by atoms with E-state index in [2.05, 4.69) is 43.0 Å². The Morgan fingerprint density at radius 2 is 0.575 bits per heavy atom. The van der Waals surface area contributed by atoms with E-state index in [1.807, 2.05) is 0 Å². The van der Waals surface area contributed by atoms with Gasteiger partial charge in [0.15, 0.2) is 0 Å². The second-order valence-corrected chi connectivity index (χ2v) is 13.2. The molecule has 238 valence electrons. The van der Waals surface area contributed by atoms with E-state index in [0.717, 1.165) is 0 Å². The smallest absolute Gasteiger partial charge is 0.101 e. The highest BCUT2D eigenvalue weighted by atomic mass is 15.4. The summed E-state index contributed by atoms with van der Waals surface area (Å²) in [6, 6.07) is 0. The molecule has 0 radical (unpaired) electrons. The molecule has 0 saturated heterocycles. The first-order valence-electron chi connectivity index (χ1n) is 19.0. The second-order valence-electron chi connectivity index (χ2n) is 13.2. The third-order valence-electron chi connectivity index (χ3n) is 9.32. The van der Waals surface area contributed by atoms with Crippen molar-refractivity contribution in [3.05, 3.63) is 12.4 Å². The largest absolute Gasteiger partial charge is 0.356 e. The van der Waals surface area contributed by atoms with Gasteiger partial charge in [0.25, 0.3) is 0 Å². The molecule has 0 N–H and O–H groups in total. The fourth-order valence-electron chi connectivity index (χ4n) is 6.54. The molecule has 2 nitrogen and oxygen atoms in total. The third-order valence-corrected chi connectivity index (χ3v) is 9.32. The Balaban J connectivity index is 2.24. The lowest BCUT2D eigenvalue weighted by molar-refractivity contribution is 0.135. The Morgan fingerprint density at radius 3 is 0.875 bits per heavy atom. The van der Waals surface area contributed by atoms with Gasteiger partial charge in [-0.15, -0.1) is 0 Å². The topological polar surface area (TPSA) is 6.48 Å². The maximum absolute atomic E-state index is 2.71. The van der Waals surface area contributed by atoms with Gasteiger partial charge in [-0.3, -0.25) is 0 Å². The van der Waals surface area contributed by atoms with Crippen LogP contribution in [-0.4, -0.2) is 29.1 Å². The first-order valence-corrected chi connectivity index (χ1v) is 19.0. The van der Waals surface area contributed by atoms with Crippen LogP contribution in [0.3, 0.4) is 0 Å². The van der Waals surface area contributed by atoms with E-state index in [0.29, 0.717) is 6.17 Å². The second kappa shape index (κ2) is 29.8. The first-order chi connectivity index (χ1) is 19.8. The number of hydrogen-bond donors (Lipinski definition) is 0. The molecule has 0 amide bonds. The van der Waals surface area contributed by atoms with Crippen LogP contribution in [-0.2, 0) is 0 Å². The Morgan fingerprint density at radius 1 is 0.325 bits per heavy atom. The molecule has 0 aromatic carbocycles. The Hall–Kier alpha value is -0.660. The lowest BCUT2D eigenvalue weighted by Crippen LogP contribution is -2.39. The average Bonchev–Trinajstić information content (AvgIpc) is 3.35. The predicted molar refractivity (Wildman–Crippen MR) is 182 cm³/mol. The summed E-state index contributed by atoms with van der Waals surface area (Å²) >= 11 is 0. The van der Waals surface area contributed by atoms with Crippen LogP contribution in [0, 0.1) is 0 Å². The highest BCUT2D eigenvalue weighted by Gasteiger charge is 2.24. The molecule has 0 atom stereocenters. The predicted octanol–water partition coefficient (Wildman–Crippen LogP) is 13.2. The average molecular weight is 561 g/mol. The first kappa shape index (κ1) is 37.4. The van der Waals surface area contributed by atoms with Gasteiger partial charge in [0.1, 0.15) is 6.17 Å². The third kappa shape index (κ3) is 22.0. The van der Waals surface area contributed by atoms with E-state index in [1.165, 1.54) is 206 Å². The zero-order valence-corrected chi connectivity index (χ0v) is 28.3. The van der Waals surface area contributed by atoms with Crippen LogP contribution in [0.4, 0.5) is 0 Å². The Bertz CT molecular complexity index is 484. The van der Waals surface area contributed by atoms with E-state index in [-0.39, 0.29) is 0 Å². The summed E-state index contributed by atoms with van der Waals surface area (Å²) in [5.41, 5.74) is 0. The van der Waals surface area contributed by atoms with Gasteiger partial charge in [0.2, 0.25) is 0 Å². The molecule has 0 aromatic heterocycles.